The molecular weight excluding hydrogens is 304 g/mol. The summed E-state index contributed by atoms with van der Waals surface area (Å²) in [4.78, 5) is 0. The molecule has 3 aromatic rings. The molecule has 1 atom stereocenters. The maximum absolute atomic E-state index is 6.20. The zero-order valence-corrected chi connectivity index (χ0v) is 14.4. The molecule has 0 heterocycles. The first kappa shape index (κ1) is 16.0. The lowest BCUT2D eigenvalue weighted by Gasteiger charge is -2.21. The van der Waals surface area contributed by atoms with Gasteiger partial charge < -0.3 is 4.74 Å². The Labute approximate surface area is 150 Å². The minimum Gasteiger partial charge on any atom is -0.457 e. The van der Waals surface area contributed by atoms with E-state index in [9.17, 15) is 0 Å². The summed E-state index contributed by atoms with van der Waals surface area (Å²) in [5.41, 5.74) is 3.70. The Bertz CT molecular complexity index is 799. The van der Waals surface area contributed by atoms with Crippen LogP contribution >= 0.6 is 0 Å². The fourth-order valence-corrected chi connectivity index (χ4v) is 3.57. The Balaban J connectivity index is 1.55. The van der Waals surface area contributed by atoms with Crippen molar-refractivity contribution >= 4 is 0 Å². The van der Waals surface area contributed by atoms with E-state index in [1.165, 1.54) is 36.8 Å². The van der Waals surface area contributed by atoms with E-state index in [1.807, 2.05) is 18.2 Å². The fraction of sp³-hybridized carbons (Fsp3) is 0.208. The molecule has 0 aliphatic heterocycles. The van der Waals surface area contributed by atoms with Gasteiger partial charge in [-0.25, -0.2) is 0 Å². The topological polar surface area (TPSA) is 9.23 Å². The van der Waals surface area contributed by atoms with Crippen molar-refractivity contribution in [3.8, 4) is 22.6 Å². The van der Waals surface area contributed by atoms with Gasteiger partial charge in [-0.15, -0.1) is 0 Å². The summed E-state index contributed by atoms with van der Waals surface area (Å²) in [5, 5.41) is 0. The van der Waals surface area contributed by atoms with Gasteiger partial charge in [-0.05, 0) is 54.5 Å². The van der Waals surface area contributed by atoms with Crippen LogP contribution in [0.4, 0.5) is 0 Å². The predicted octanol–water partition coefficient (Wildman–Crippen LogP) is 7.01. The molecule has 1 radical (unpaired) electrons. The minimum absolute atomic E-state index is 0.611. The fourth-order valence-electron chi connectivity index (χ4n) is 3.57. The number of ether oxygens (including phenoxy) is 1. The number of rotatable bonds is 4. The molecule has 0 spiro atoms. The van der Waals surface area contributed by atoms with E-state index in [0.29, 0.717) is 5.92 Å². The smallest absolute Gasteiger partial charge is 0.135 e. The van der Waals surface area contributed by atoms with E-state index in [4.69, 9.17) is 4.74 Å². The minimum atomic E-state index is 0.611. The van der Waals surface area contributed by atoms with Crippen LogP contribution in [0.15, 0.2) is 78.9 Å². The Morgan fingerprint density at radius 2 is 1.48 bits per heavy atom. The Hall–Kier alpha value is -2.54. The van der Waals surface area contributed by atoms with Gasteiger partial charge in [0.2, 0.25) is 0 Å². The molecule has 1 nitrogen and oxygen atoms in total. The van der Waals surface area contributed by atoms with Gasteiger partial charge in [-0.1, -0.05) is 73.5 Å². The molecule has 1 aliphatic carbocycles. The summed E-state index contributed by atoms with van der Waals surface area (Å²) in [6, 6.07) is 27.2. The van der Waals surface area contributed by atoms with Gasteiger partial charge >= 0.3 is 0 Å². The van der Waals surface area contributed by atoms with Crippen LogP contribution in [0, 0.1) is 6.42 Å². The third-order valence-corrected chi connectivity index (χ3v) is 4.93. The Morgan fingerprint density at radius 1 is 0.720 bits per heavy atom. The highest BCUT2D eigenvalue weighted by Crippen LogP contribution is 2.35. The van der Waals surface area contributed by atoms with Crippen molar-refractivity contribution < 1.29 is 4.74 Å². The number of hydrogen-bond acceptors (Lipinski definition) is 1. The largest absolute Gasteiger partial charge is 0.457 e. The second-order valence-electron chi connectivity index (χ2n) is 6.66. The van der Waals surface area contributed by atoms with Crippen LogP contribution in [0.2, 0.25) is 0 Å². The second kappa shape index (κ2) is 7.57. The van der Waals surface area contributed by atoms with Gasteiger partial charge in [-0.2, -0.15) is 0 Å². The van der Waals surface area contributed by atoms with E-state index in [0.717, 1.165) is 17.1 Å². The summed E-state index contributed by atoms with van der Waals surface area (Å²) in [5.74, 6) is 2.40. The van der Waals surface area contributed by atoms with E-state index < -0.39 is 0 Å². The van der Waals surface area contributed by atoms with Crippen LogP contribution in [0.25, 0.3) is 11.1 Å². The lowest BCUT2D eigenvalue weighted by molar-refractivity contribution is 0.483. The highest BCUT2D eigenvalue weighted by molar-refractivity contribution is 5.70. The van der Waals surface area contributed by atoms with Crippen LogP contribution in [-0.4, -0.2) is 0 Å². The summed E-state index contributed by atoms with van der Waals surface area (Å²) in [6.45, 7) is 0. The predicted molar refractivity (Wildman–Crippen MR) is 104 cm³/mol. The standard InChI is InChI=1S/C24H23O/c1-3-9-19(10-4-1)20-15-17-22(18-16-20)25-24-14-8-7-13-23(24)21-11-5-2-6-12-21/h2,5-9,11-19H,1,3-4,10H2. The van der Waals surface area contributed by atoms with E-state index in [-0.39, 0.29) is 0 Å². The molecule has 4 rings (SSSR count). The third-order valence-electron chi connectivity index (χ3n) is 4.93. The van der Waals surface area contributed by atoms with Gasteiger partial charge in [-0.3, -0.25) is 0 Å². The molecule has 25 heavy (non-hydrogen) atoms. The summed E-state index contributed by atoms with van der Waals surface area (Å²) < 4.78 is 6.20. The van der Waals surface area contributed by atoms with Crippen LogP contribution in [-0.2, 0) is 0 Å². The highest BCUT2D eigenvalue weighted by Gasteiger charge is 2.15. The normalized spacial score (nSPS) is 15.0. The Kier molecular flexibility index (Phi) is 4.83. The molecule has 1 aliphatic rings. The number of para-hydroxylation sites is 1. The maximum Gasteiger partial charge on any atom is 0.135 e. The zero-order chi connectivity index (χ0) is 16.9. The van der Waals surface area contributed by atoms with Crippen molar-refractivity contribution in [1.29, 1.82) is 0 Å². The van der Waals surface area contributed by atoms with Crippen molar-refractivity contribution in [1.82, 2.24) is 0 Å². The summed E-state index contributed by atoms with van der Waals surface area (Å²) in [6.07, 6.45) is 7.66. The molecular formula is C24H23O. The lowest BCUT2D eigenvalue weighted by atomic mass is 9.84. The maximum atomic E-state index is 6.20. The number of benzene rings is 3. The summed E-state index contributed by atoms with van der Waals surface area (Å²) >= 11 is 0. The van der Waals surface area contributed by atoms with Gasteiger partial charge in [0.05, 0.1) is 0 Å². The molecule has 1 heteroatoms. The molecule has 0 aromatic heterocycles. The molecule has 3 aromatic carbocycles. The van der Waals surface area contributed by atoms with Crippen molar-refractivity contribution in [3.05, 3.63) is 90.8 Å². The molecule has 125 valence electrons. The van der Waals surface area contributed by atoms with Crippen molar-refractivity contribution in [2.24, 2.45) is 0 Å². The first-order chi connectivity index (χ1) is 12.4. The first-order valence-electron chi connectivity index (χ1n) is 9.16. The van der Waals surface area contributed by atoms with Gasteiger partial charge in [0, 0.05) is 5.56 Å². The molecule has 0 N–H and O–H groups in total. The van der Waals surface area contributed by atoms with Gasteiger partial charge in [0.1, 0.15) is 11.5 Å². The van der Waals surface area contributed by atoms with E-state index in [2.05, 4.69) is 67.1 Å². The quantitative estimate of drug-likeness (QED) is 0.501. The average molecular weight is 327 g/mol. The first-order valence-corrected chi connectivity index (χ1v) is 9.16. The van der Waals surface area contributed by atoms with E-state index in [1.54, 1.807) is 0 Å². The monoisotopic (exact) mass is 327 g/mol. The molecule has 0 bridgehead atoms. The third kappa shape index (κ3) is 3.76. The van der Waals surface area contributed by atoms with Crippen molar-refractivity contribution in [2.75, 3.05) is 0 Å². The Morgan fingerprint density at radius 3 is 2.24 bits per heavy atom. The van der Waals surface area contributed by atoms with Crippen LogP contribution in [0.5, 0.6) is 11.5 Å². The van der Waals surface area contributed by atoms with Crippen LogP contribution in [0.1, 0.15) is 37.2 Å². The van der Waals surface area contributed by atoms with Gasteiger partial charge in [0.15, 0.2) is 0 Å². The molecule has 1 unspecified atom stereocenters. The van der Waals surface area contributed by atoms with Crippen LogP contribution < -0.4 is 4.74 Å². The molecule has 0 amide bonds. The molecule has 0 saturated heterocycles. The average Bonchev–Trinajstić information content (AvgIpc) is 2.70. The van der Waals surface area contributed by atoms with Crippen LogP contribution in [0.3, 0.4) is 0 Å². The zero-order valence-electron chi connectivity index (χ0n) is 14.4. The SMILES string of the molecule is [CH]1CCCCC1c1ccc(Oc2ccccc2-c2ccccc2)cc1. The lowest BCUT2D eigenvalue weighted by Crippen LogP contribution is -2.04. The van der Waals surface area contributed by atoms with Gasteiger partial charge in [0.25, 0.3) is 0 Å². The summed E-state index contributed by atoms with van der Waals surface area (Å²) in [7, 11) is 0. The highest BCUT2D eigenvalue weighted by atomic mass is 16.5. The van der Waals surface area contributed by atoms with E-state index >= 15 is 0 Å². The molecule has 1 saturated carbocycles. The second-order valence-corrected chi connectivity index (χ2v) is 6.66. The number of hydrogen-bond donors (Lipinski definition) is 0. The van der Waals surface area contributed by atoms with Crippen molar-refractivity contribution in [3.63, 3.8) is 0 Å². The molecule has 1 fully saturated rings. The van der Waals surface area contributed by atoms with Crippen molar-refractivity contribution in [2.45, 2.75) is 31.6 Å².